The van der Waals surface area contributed by atoms with Crippen molar-refractivity contribution >= 4 is 23.7 Å². The number of carbonyl (C=O) groups is 3. The van der Waals surface area contributed by atoms with Gasteiger partial charge in [0.1, 0.15) is 11.6 Å². The highest BCUT2D eigenvalue weighted by molar-refractivity contribution is 5.96. The van der Waals surface area contributed by atoms with E-state index >= 15 is 0 Å². The van der Waals surface area contributed by atoms with Gasteiger partial charge in [-0.15, -0.1) is 0 Å². The third kappa shape index (κ3) is 5.82. The van der Waals surface area contributed by atoms with Crippen molar-refractivity contribution in [3.63, 3.8) is 0 Å². The summed E-state index contributed by atoms with van der Waals surface area (Å²) in [6, 6.07) is 4.91. The number of hydrogen-bond acceptors (Lipinski definition) is 4. The van der Waals surface area contributed by atoms with Crippen LogP contribution in [0.2, 0.25) is 0 Å². The molecule has 0 aliphatic carbocycles. The molecule has 0 aliphatic heterocycles. The maximum absolute atomic E-state index is 11.9. The van der Waals surface area contributed by atoms with Crippen LogP contribution >= 0.6 is 0 Å². The molecule has 1 rings (SSSR count). The SMILES string of the molecule is CC(NC(=O)OC(C)(C)C)C(=O)Nc1ccc(C(=O)O)cc1. The van der Waals surface area contributed by atoms with E-state index in [1.54, 1.807) is 20.8 Å². The van der Waals surface area contributed by atoms with E-state index in [0.29, 0.717) is 5.69 Å². The molecule has 0 radical (unpaired) electrons. The molecule has 0 aliphatic rings. The van der Waals surface area contributed by atoms with Gasteiger partial charge in [-0.3, -0.25) is 4.79 Å². The monoisotopic (exact) mass is 308 g/mol. The maximum Gasteiger partial charge on any atom is 0.408 e. The number of amides is 2. The summed E-state index contributed by atoms with van der Waals surface area (Å²) in [5, 5.41) is 13.8. The summed E-state index contributed by atoms with van der Waals surface area (Å²) in [6.07, 6.45) is -0.684. The Morgan fingerprint density at radius 2 is 1.68 bits per heavy atom. The first kappa shape index (κ1) is 17.5. The molecule has 0 aromatic heterocycles. The van der Waals surface area contributed by atoms with Crippen molar-refractivity contribution in [3.05, 3.63) is 29.8 Å². The Morgan fingerprint density at radius 1 is 1.14 bits per heavy atom. The minimum atomic E-state index is -1.04. The predicted octanol–water partition coefficient (Wildman–Crippen LogP) is 2.24. The quantitative estimate of drug-likeness (QED) is 0.791. The highest BCUT2D eigenvalue weighted by Gasteiger charge is 2.21. The molecule has 2 amide bonds. The lowest BCUT2D eigenvalue weighted by atomic mass is 10.2. The molecule has 1 aromatic carbocycles. The number of hydrogen-bond donors (Lipinski definition) is 3. The van der Waals surface area contributed by atoms with Crippen LogP contribution in [0.15, 0.2) is 24.3 Å². The summed E-state index contributed by atoms with van der Waals surface area (Å²) in [5.41, 5.74) is -0.0850. The average molecular weight is 308 g/mol. The van der Waals surface area contributed by atoms with Crippen LogP contribution in [0.1, 0.15) is 38.1 Å². The highest BCUT2D eigenvalue weighted by atomic mass is 16.6. The van der Waals surface area contributed by atoms with Gasteiger partial charge >= 0.3 is 12.1 Å². The van der Waals surface area contributed by atoms with Crippen LogP contribution in [0.4, 0.5) is 10.5 Å². The van der Waals surface area contributed by atoms with Crippen molar-refractivity contribution in [2.45, 2.75) is 39.3 Å². The molecule has 0 bridgehead atoms. The first-order valence-electron chi connectivity index (χ1n) is 6.72. The number of aromatic carboxylic acids is 1. The van der Waals surface area contributed by atoms with Gasteiger partial charge in [-0.05, 0) is 52.0 Å². The Balaban J connectivity index is 2.57. The minimum absolute atomic E-state index is 0.123. The van der Waals surface area contributed by atoms with E-state index in [1.165, 1.54) is 31.2 Å². The van der Waals surface area contributed by atoms with Crippen molar-refractivity contribution in [2.75, 3.05) is 5.32 Å². The summed E-state index contributed by atoms with van der Waals surface area (Å²) in [7, 11) is 0. The van der Waals surface area contributed by atoms with Gasteiger partial charge in [-0.1, -0.05) is 0 Å². The lowest BCUT2D eigenvalue weighted by Crippen LogP contribution is -2.43. The van der Waals surface area contributed by atoms with Crippen molar-refractivity contribution in [1.82, 2.24) is 5.32 Å². The Labute approximate surface area is 128 Å². The molecule has 0 saturated carbocycles. The molecule has 0 saturated heterocycles. The topological polar surface area (TPSA) is 105 Å². The van der Waals surface area contributed by atoms with Gasteiger partial charge in [0.05, 0.1) is 5.56 Å². The predicted molar refractivity (Wildman–Crippen MR) is 80.9 cm³/mol. The molecule has 1 unspecified atom stereocenters. The zero-order valence-corrected chi connectivity index (χ0v) is 13.0. The molecule has 0 heterocycles. The van der Waals surface area contributed by atoms with E-state index in [2.05, 4.69) is 10.6 Å². The highest BCUT2D eigenvalue weighted by Crippen LogP contribution is 2.10. The van der Waals surface area contributed by atoms with E-state index in [0.717, 1.165) is 0 Å². The van der Waals surface area contributed by atoms with Crippen LogP contribution in [0.3, 0.4) is 0 Å². The normalized spacial score (nSPS) is 12.2. The second kappa shape index (κ2) is 6.93. The van der Waals surface area contributed by atoms with Gasteiger partial charge in [-0.25, -0.2) is 9.59 Å². The van der Waals surface area contributed by atoms with Crippen LogP contribution < -0.4 is 10.6 Å². The average Bonchev–Trinajstić information content (AvgIpc) is 2.36. The molecule has 22 heavy (non-hydrogen) atoms. The Hall–Kier alpha value is -2.57. The number of alkyl carbamates (subject to hydrolysis) is 1. The molecule has 0 fully saturated rings. The van der Waals surface area contributed by atoms with Gasteiger partial charge < -0.3 is 20.5 Å². The fourth-order valence-electron chi connectivity index (χ4n) is 1.50. The summed E-state index contributed by atoms with van der Waals surface area (Å²) in [6.45, 7) is 6.69. The van der Waals surface area contributed by atoms with Gasteiger partial charge in [0.15, 0.2) is 0 Å². The first-order valence-corrected chi connectivity index (χ1v) is 6.72. The molecule has 1 aromatic rings. The van der Waals surface area contributed by atoms with E-state index in [4.69, 9.17) is 9.84 Å². The van der Waals surface area contributed by atoms with Crippen LogP contribution in [0, 0.1) is 0 Å². The summed E-state index contributed by atoms with van der Waals surface area (Å²) >= 11 is 0. The zero-order valence-electron chi connectivity index (χ0n) is 13.0. The van der Waals surface area contributed by atoms with Gasteiger partial charge in [0.2, 0.25) is 5.91 Å². The van der Waals surface area contributed by atoms with E-state index in [1.807, 2.05) is 0 Å². The van der Waals surface area contributed by atoms with E-state index in [-0.39, 0.29) is 5.56 Å². The molecular formula is C15H20N2O5. The van der Waals surface area contributed by atoms with Crippen molar-refractivity contribution in [1.29, 1.82) is 0 Å². The van der Waals surface area contributed by atoms with Crippen LogP contribution in [-0.2, 0) is 9.53 Å². The number of rotatable bonds is 4. The smallest absolute Gasteiger partial charge is 0.408 e. The summed E-state index contributed by atoms with van der Waals surface area (Å²) in [5.74, 6) is -1.48. The third-order valence-corrected chi connectivity index (χ3v) is 2.53. The number of nitrogens with one attached hydrogen (secondary N) is 2. The lowest BCUT2D eigenvalue weighted by molar-refractivity contribution is -0.117. The first-order chi connectivity index (χ1) is 10.1. The second-order valence-electron chi connectivity index (χ2n) is 5.74. The summed E-state index contributed by atoms with van der Waals surface area (Å²) in [4.78, 5) is 34.2. The molecule has 7 heteroatoms. The minimum Gasteiger partial charge on any atom is -0.478 e. The number of anilines is 1. The summed E-state index contributed by atoms with van der Waals surface area (Å²) < 4.78 is 5.06. The van der Waals surface area contributed by atoms with E-state index < -0.39 is 29.6 Å². The fourth-order valence-corrected chi connectivity index (χ4v) is 1.50. The van der Waals surface area contributed by atoms with E-state index in [9.17, 15) is 14.4 Å². The van der Waals surface area contributed by atoms with Crippen LogP contribution in [0.5, 0.6) is 0 Å². The molecule has 120 valence electrons. The van der Waals surface area contributed by atoms with Crippen LogP contribution in [-0.4, -0.2) is 34.7 Å². The number of carbonyl (C=O) groups excluding carboxylic acids is 2. The number of carboxylic acids is 1. The lowest BCUT2D eigenvalue weighted by Gasteiger charge is -2.21. The standard InChI is InChI=1S/C15H20N2O5/c1-9(16-14(21)22-15(2,3)4)12(18)17-11-7-5-10(6-8-11)13(19)20/h5-9H,1-4H3,(H,16,21)(H,17,18)(H,19,20). The van der Waals surface area contributed by atoms with Crippen molar-refractivity contribution < 1.29 is 24.2 Å². The number of carboxylic acid groups (broad SMARTS) is 1. The molecular weight excluding hydrogens is 288 g/mol. The van der Waals surface area contributed by atoms with Crippen molar-refractivity contribution in [2.24, 2.45) is 0 Å². The molecule has 3 N–H and O–H groups in total. The second-order valence-corrected chi connectivity index (χ2v) is 5.74. The fraction of sp³-hybridized carbons (Fsp3) is 0.400. The van der Waals surface area contributed by atoms with Crippen molar-refractivity contribution in [3.8, 4) is 0 Å². The van der Waals surface area contributed by atoms with Gasteiger partial charge in [-0.2, -0.15) is 0 Å². The molecule has 1 atom stereocenters. The largest absolute Gasteiger partial charge is 0.478 e. The maximum atomic E-state index is 11.9. The van der Waals surface area contributed by atoms with Gasteiger partial charge in [0.25, 0.3) is 0 Å². The van der Waals surface area contributed by atoms with Gasteiger partial charge in [0, 0.05) is 5.69 Å². The number of benzene rings is 1. The Kier molecular flexibility index (Phi) is 5.50. The Bertz CT molecular complexity index is 560. The molecule has 7 nitrogen and oxygen atoms in total. The van der Waals surface area contributed by atoms with Crippen LogP contribution in [0.25, 0.3) is 0 Å². The number of ether oxygens (including phenoxy) is 1. The zero-order chi connectivity index (χ0) is 16.9. The molecule has 0 spiro atoms. The third-order valence-electron chi connectivity index (χ3n) is 2.53. The Morgan fingerprint density at radius 3 is 2.14 bits per heavy atom.